The largest absolute Gasteiger partial charge is 1.00 e. The Hall–Kier alpha value is -1.53. The van der Waals surface area contributed by atoms with Gasteiger partial charge in [-0.1, -0.05) is 164 Å². The molecule has 0 amide bonds. The zero-order valence-electron chi connectivity index (χ0n) is 36.4. The second kappa shape index (κ2) is 19.1. The molecule has 0 bridgehead atoms. The third-order valence-electron chi connectivity index (χ3n) is 10.0. The van der Waals surface area contributed by atoms with E-state index < -0.39 is 0 Å². The molecule has 0 radical (unpaired) electrons. The van der Waals surface area contributed by atoms with Crippen molar-refractivity contribution in [3.05, 3.63) is 117 Å². The quantitative estimate of drug-likeness (QED) is 0.182. The van der Waals surface area contributed by atoms with E-state index in [1.54, 1.807) is 0 Å². The first-order valence-electron chi connectivity index (χ1n) is 19.5. The molecule has 0 nitrogen and oxygen atoms in total. The van der Waals surface area contributed by atoms with Gasteiger partial charge in [0.25, 0.3) is 0 Å². The maximum absolute atomic E-state index is 3.90. The van der Waals surface area contributed by atoms with E-state index in [9.17, 15) is 0 Å². The van der Waals surface area contributed by atoms with Crippen LogP contribution >= 0.6 is 0 Å². The smallest absolute Gasteiger partial charge is 1.00 e. The standard InChI is InChI=1S/C29H41.C13H21.C8H8.2ClH.Zr/c1-26(2,3)22-14-18-13-19-15-23(27(4,5)6)25(29(10,11)12)17-21(19)20(18)16-24(22)28(7,8)9;1-5-6-7-11-8-9-12(10-11)13(2,3)4;1-2-8-6-4-3-5-7-8;;;/h14,16-17H,13H2,1-12H3;9-11H,5-7H2,1-4H3;3-7H,1H3;2*1H;/q2*-1;;;;+2/p-2. The molecule has 0 saturated heterocycles. The number of allylic oxidation sites excluding steroid dienone is 4. The van der Waals surface area contributed by atoms with Gasteiger partial charge in [0.2, 0.25) is 0 Å². The summed E-state index contributed by atoms with van der Waals surface area (Å²) in [7, 11) is 0. The van der Waals surface area contributed by atoms with E-state index in [1.807, 2.05) is 6.07 Å². The summed E-state index contributed by atoms with van der Waals surface area (Å²) in [6, 6.07) is 21.9. The van der Waals surface area contributed by atoms with Crippen molar-refractivity contribution in [1.29, 1.82) is 0 Å². The summed E-state index contributed by atoms with van der Waals surface area (Å²) in [4.78, 5) is 0. The monoisotopic (exact) mass is 830 g/mol. The molecule has 0 spiro atoms. The van der Waals surface area contributed by atoms with Crippen LogP contribution < -0.4 is 24.8 Å². The Kier molecular flexibility index (Phi) is 17.8. The van der Waals surface area contributed by atoms with Gasteiger partial charge in [0.1, 0.15) is 0 Å². The second-order valence-electron chi connectivity index (χ2n) is 20.1. The minimum Gasteiger partial charge on any atom is -1.00 e. The molecule has 0 saturated carbocycles. The van der Waals surface area contributed by atoms with Crippen molar-refractivity contribution in [2.24, 2.45) is 11.3 Å². The molecule has 2 aliphatic carbocycles. The van der Waals surface area contributed by atoms with Crippen LogP contribution in [-0.4, -0.2) is 3.21 Å². The average Bonchev–Trinajstić information content (AvgIpc) is 3.63. The van der Waals surface area contributed by atoms with Gasteiger partial charge in [-0.05, 0) is 39.4 Å². The number of fused-ring (bicyclic) bond motifs is 3. The third-order valence-corrected chi connectivity index (χ3v) is 10.7. The summed E-state index contributed by atoms with van der Waals surface area (Å²) in [5, 5.41) is 0. The van der Waals surface area contributed by atoms with Gasteiger partial charge in [0.15, 0.2) is 0 Å². The molecular weight excluding hydrogens is 763 g/mol. The fourth-order valence-corrected chi connectivity index (χ4v) is 7.29. The number of benzene rings is 3. The molecule has 0 fully saturated rings. The average molecular weight is 833 g/mol. The Morgan fingerprint density at radius 1 is 0.679 bits per heavy atom. The normalized spacial score (nSPS) is 15.1. The Bertz CT molecular complexity index is 1640. The van der Waals surface area contributed by atoms with Crippen molar-refractivity contribution < 1.29 is 49.0 Å². The van der Waals surface area contributed by atoms with Crippen LogP contribution in [0.2, 0.25) is 0 Å². The number of hydrogen-bond acceptors (Lipinski definition) is 0. The predicted octanol–water partition coefficient (Wildman–Crippen LogP) is 8.17. The molecule has 0 aromatic heterocycles. The van der Waals surface area contributed by atoms with Crippen molar-refractivity contribution in [3.8, 4) is 11.1 Å². The van der Waals surface area contributed by atoms with Crippen LogP contribution in [0.5, 0.6) is 0 Å². The number of halogens is 2. The van der Waals surface area contributed by atoms with Crippen LogP contribution in [0.25, 0.3) is 11.1 Å². The van der Waals surface area contributed by atoms with Crippen LogP contribution in [0.3, 0.4) is 0 Å². The topological polar surface area (TPSA) is 0 Å². The minimum absolute atomic E-state index is 0. The molecule has 3 aromatic rings. The van der Waals surface area contributed by atoms with Gasteiger partial charge in [-0.15, -0.1) is 16.7 Å². The van der Waals surface area contributed by atoms with Gasteiger partial charge in [-0.25, -0.2) is 6.08 Å². The molecular formula is C50H70Cl2Zr-2. The summed E-state index contributed by atoms with van der Waals surface area (Å²) >= 11 is 1.51. The first-order valence-corrected chi connectivity index (χ1v) is 20.7. The van der Waals surface area contributed by atoms with Crippen LogP contribution in [0.4, 0.5) is 0 Å². The van der Waals surface area contributed by atoms with E-state index in [0.29, 0.717) is 11.3 Å². The Morgan fingerprint density at radius 2 is 1.19 bits per heavy atom. The van der Waals surface area contributed by atoms with Crippen molar-refractivity contribution in [3.63, 3.8) is 0 Å². The van der Waals surface area contributed by atoms with E-state index in [2.05, 4.69) is 184 Å². The molecule has 2 aliphatic rings. The Morgan fingerprint density at radius 3 is 1.60 bits per heavy atom. The summed E-state index contributed by atoms with van der Waals surface area (Å²) in [5.41, 5.74) is 15.1. The van der Waals surface area contributed by atoms with Crippen LogP contribution in [0.15, 0.2) is 66.3 Å². The summed E-state index contributed by atoms with van der Waals surface area (Å²) in [5.74, 6) is 0.592. The molecule has 1 atom stereocenters. The second-order valence-corrected chi connectivity index (χ2v) is 21.9. The zero-order valence-corrected chi connectivity index (χ0v) is 40.4. The summed E-state index contributed by atoms with van der Waals surface area (Å²) in [6.07, 6.45) is 12.9. The van der Waals surface area contributed by atoms with Gasteiger partial charge in [-0.3, -0.25) is 6.08 Å². The summed E-state index contributed by atoms with van der Waals surface area (Å²) < 4.78 is 1.46. The number of unbranched alkanes of at least 4 members (excludes halogenated alkanes) is 1. The van der Waals surface area contributed by atoms with E-state index >= 15 is 0 Å². The Balaban J connectivity index is 0.000000483. The molecule has 3 aromatic carbocycles. The minimum atomic E-state index is 0. The van der Waals surface area contributed by atoms with Crippen molar-refractivity contribution >= 4 is 3.21 Å². The van der Waals surface area contributed by atoms with Gasteiger partial charge in [0.05, 0.1) is 0 Å². The molecule has 0 N–H and O–H groups in total. The van der Waals surface area contributed by atoms with E-state index in [-0.39, 0.29) is 46.5 Å². The van der Waals surface area contributed by atoms with Crippen molar-refractivity contribution in [1.82, 2.24) is 0 Å². The van der Waals surface area contributed by atoms with Gasteiger partial charge in [-0.2, -0.15) is 29.3 Å². The molecule has 3 heteroatoms. The van der Waals surface area contributed by atoms with Crippen LogP contribution in [-0.2, 0) is 52.3 Å². The fourth-order valence-electron chi connectivity index (χ4n) is 6.88. The fraction of sp³-hybridized carbons (Fsp3) is 0.540. The van der Waals surface area contributed by atoms with Crippen molar-refractivity contribution in [2.45, 2.75) is 165 Å². The van der Waals surface area contributed by atoms with E-state index in [1.165, 1.54) is 102 Å². The SMILES string of the molecule is CC(C)(C)c1[c-]c2c(cc1C(C)(C)C)-c1cc(C(C)(C)C)c(C(C)(C)C)cc1C2.CCCCC1[C-]=CC(C(C)(C)C)=C1.C[C](=[Zr+2])c1ccccc1.[Cl-].[Cl-]. The van der Waals surface area contributed by atoms with E-state index in [4.69, 9.17) is 0 Å². The molecule has 5 rings (SSSR count). The molecule has 1 unspecified atom stereocenters. The summed E-state index contributed by atoms with van der Waals surface area (Å²) in [6.45, 7) is 39.2. The maximum Gasteiger partial charge on any atom is -1.00 e. The van der Waals surface area contributed by atoms with Crippen LogP contribution in [0.1, 0.15) is 176 Å². The third kappa shape index (κ3) is 13.6. The van der Waals surface area contributed by atoms with Crippen molar-refractivity contribution in [2.75, 3.05) is 0 Å². The van der Waals surface area contributed by atoms with E-state index in [0.717, 1.165) is 6.42 Å². The zero-order chi connectivity index (χ0) is 38.7. The molecule has 290 valence electrons. The maximum atomic E-state index is 3.90. The van der Waals surface area contributed by atoms with Gasteiger partial charge < -0.3 is 24.8 Å². The molecule has 53 heavy (non-hydrogen) atoms. The van der Waals surface area contributed by atoms with Gasteiger partial charge >= 0.3 is 70.3 Å². The predicted molar refractivity (Wildman–Crippen MR) is 223 cm³/mol. The Labute approximate surface area is 354 Å². The molecule has 0 aliphatic heterocycles. The first-order chi connectivity index (χ1) is 23.2. The number of hydrogen-bond donors (Lipinski definition) is 0. The van der Waals surface area contributed by atoms with Gasteiger partial charge in [0, 0.05) is 0 Å². The first kappa shape index (κ1) is 49.5. The number of rotatable bonds is 4. The van der Waals surface area contributed by atoms with Crippen LogP contribution in [0, 0.1) is 23.5 Å². The molecule has 0 heterocycles.